The molecule has 2 heterocycles. The zero-order valence-electron chi connectivity index (χ0n) is 17.1. The van der Waals surface area contributed by atoms with Crippen molar-refractivity contribution in [3.05, 3.63) is 52.8 Å². The largest absolute Gasteiger partial charge is 0.466 e. The third kappa shape index (κ3) is 4.83. The number of alkyl halides is 3. The number of carbonyl (C=O) groups is 1. The van der Waals surface area contributed by atoms with E-state index >= 15 is 0 Å². The summed E-state index contributed by atoms with van der Waals surface area (Å²) in [7, 11) is 0. The van der Waals surface area contributed by atoms with E-state index in [2.05, 4.69) is 4.90 Å². The average Bonchev–Trinajstić information content (AvgIpc) is 2.95. The highest BCUT2D eigenvalue weighted by molar-refractivity contribution is 5.72. The fraction of sp³-hybridized carbons (Fsp3) is 0.500. The first-order valence-corrected chi connectivity index (χ1v) is 9.95. The number of ether oxygens (including phenoxy) is 1. The summed E-state index contributed by atoms with van der Waals surface area (Å²) >= 11 is 0. The molecule has 1 aromatic carbocycles. The summed E-state index contributed by atoms with van der Waals surface area (Å²) in [6, 6.07) is 7.41. The predicted octanol–water partition coefficient (Wildman–Crippen LogP) is 4.89. The number of hydrogen-bond donors (Lipinski definition) is 0. The Morgan fingerprint density at radius 1 is 1.24 bits per heavy atom. The SMILES string of the molecule is CCOC(=O)[C@@H]1CCCN(Cc2cc(C)n(-c3cccc(C(F)(F)F)c3)c2C)C1. The summed E-state index contributed by atoms with van der Waals surface area (Å²) in [4.78, 5) is 14.3. The second kappa shape index (κ2) is 8.61. The van der Waals surface area contributed by atoms with Gasteiger partial charge in [0.2, 0.25) is 0 Å². The van der Waals surface area contributed by atoms with Crippen LogP contribution in [0.15, 0.2) is 30.3 Å². The molecule has 0 unspecified atom stereocenters. The molecule has 1 aliphatic rings. The van der Waals surface area contributed by atoms with Crippen molar-refractivity contribution in [1.29, 1.82) is 0 Å². The Morgan fingerprint density at radius 2 is 2.00 bits per heavy atom. The zero-order chi connectivity index (χ0) is 21.2. The molecule has 1 aliphatic heterocycles. The summed E-state index contributed by atoms with van der Waals surface area (Å²) in [5.41, 5.74) is 2.71. The number of piperidine rings is 1. The molecule has 3 rings (SSSR count). The van der Waals surface area contributed by atoms with Gasteiger partial charge in [0.25, 0.3) is 0 Å². The maximum atomic E-state index is 13.1. The number of carbonyl (C=O) groups excluding carboxylic acids is 1. The van der Waals surface area contributed by atoms with Gasteiger partial charge in [-0.15, -0.1) is 0 Å². The minimum atomic E-state index is -4.37. The molecular weight excluding hydrogens is 381 g/mol. The Balaban J connectivity index is 1.81. The summed E-state index contributed by atoms with van der Waals surface area (Å²) in [6.45, 7) is 8.21. The first kappa shape index (κ1) is 21.4. The van der Waals surface area contributed by atoms with Gasteiger partial charge in [0, 0.05) is 30.2 Å². The zero-order valence-corrected chi connectivity index (χ0v) is 17.1. The molecule has 1 atom stereocenters. The molecule has 0 bridgehead atoms. The number of hydrogen-bond acceptors (Lipinski definition) is 3. The van der Waals surface area contributed by atoms with Crippen LogP contribution >= 0.6 is 0 Å². The number of nitrogens with zero attached hydrogens (tertiary/aromatic N) is 2. The average molecular weight is 408 g/mol. The molecule has 0 radical (unpaired) electrons. The molecule has 158 valence electrons. The second-order valence-electron chi connectivity index (χ2n) is 7.61. The van der Waals surface area contributed by atoms with Crippen molar-refractivity contribution in [3.63, 3.8) is 0 Å². The topological polar surface area (TPSA) is 34.5 Å². The maximum absolute atomic E-state index is 13.1. The van der Waals surface area contributed by atoms with Crippen molar-refractivity contribution >= 4 is 5.97 Å². The van der Waals surface area contributed by atoms with Gasteiger partial charge in [-0.1, -0.05) is 6.07 Å². The number of aromatic nitrogens is 1. The van der Waals surface area contributed by atoms with Gasteiger partial charge in [-0.3, -0.25) is 9.69 Å². The van der Waals surface area contributed by atoms with Crippen LogP contribution in [0, 0.1) is 19.8 Å². The van der Waals surface area contributed by atoms with E-state index in [1.54, 1.807) is 13.0 Å². The van der Waals surface area contributed by atoms with Gasteiger partial charge >= 0.3 is 12.1 Å². The molecule has 29 heavy (non-hydrogen) atoms. The number of benzene rings is 1. The van der Waals surface area contributed by atoms with Gasteiger partial charge in [0.05, 0.1) is 18.1 Å². The van der Waals surface area contributed by atoms with Gasteiger partial charge < -0.3 is 9.30 Å². The van der Waals surface area contributed by atoms with Crippen LogP contribution < -0.4 is 0 Å². The van der Waals surface area contributed by atoms with Crippen LogP contribution in [-0.4, -0.2) is 35.1 Å². The lowest BCUT2D eigenvalue weighted by Gasteiger charge is -2.31. The van der Waals surface area contributed by atoms with Crippen molar-refractivity contribution in [2.75, 3.05) is 19.7 Å². The van der Waals surface area contributed by atoms with Crippen molar-refractivity contribution in [1.82, 2.24) is 9.47 Å². The summed E-state index contributed by atoms with van der Waals surface area (Å²) in [5, 5.41) is 0. The number of aryl methyl sites for hydroxylation is 1. The molecule has 0 aliphatic carbocycles. The predicted molar refractivity (Wildman–Crippen MR) is 105 cm³/mol. The lowest BCUT2D eigenvalue weighted by molar-refractivity contribution is -0.150. The van der Waals surface area contributed by atoms with Gasteiger partial charge in [-0.25, -0.2) is 0 Å². The van der Waals surface area contributed by atoms with Crippen LogP contribution in [0.5, 0.6) is 0 Å². The van der Waals surface area contributed by atoms with Crippen molar-refractivity contribution in [2.45, 2.75) is 46.3 Å². The van der Waals surface area contributed by atoms with E-state index in [9.17, 15) is 18.0 Å². The third-order valence-electron chi connectivity index (χ3n) is 5.49. The van der Waals surface area contributed by atoms with Crippen LogP contribution in [0.25, 0.3) is 5.69 Å². The van der Waals surface area contributed by atoms with E-state index in [1.807, 2.05) is 24.5 Å². The van der Waals surface area contributed by atoms with Crippen molar-refractivity contribution in [3.8, 4) is 5.69 Å². The molecule has 1 fully saturated rings. The third-order valence-corrected chi connectivity index (χ3v) is 5.49. The first-order valence-electron chi connectivity index (χ1n) is 9.95. The molecule has 1 aromatic heterocycles. The lowest BCUT2D eigenvalue weighted by Crippen LogP contribution is -2.39. The number of esters is 1. The number of likely N-dealkylation sites (tertiary alicyclic amines) is 1. The highest BCUT2D eigenvalue weighted by Crippen LogP contribution is 2.32. The van der Waals surface area contributed by atoms with E-state index in [0.717, 1.165) is 42.4 Å². The number of halogens is 3. The Kier molecular flexibility index (Phi) is 6.36. The molecule has 0 N–H and O–H groups in total. The highest BCUT2D eigenvalue weighted by atomic mass is 19.4. The quantitative estimate of drug-likeness (QED) is 0.661. The smallest absolute Gasteiger partial charge is 0.416 e. The van der Waals surface area contributed by atoms with E-state index < -0.39 is 11.7 Å². The van der Waals surface area contributed by atoms with Gasteiger partial charge in [0.1, 0.15) is 0 Å². The minimum Gasteiger partial charge on any atom is -0.466 e. The van der Waals surface area contributed by atoms with Crippen LogP contribution in [0.3, 0.4) is 0 Å². The van der Waals surface area contributed by atoms with Crippen LogP contribution in [0.1, 0.15) is 42.3 Å². The fourth-order valence-electron chi connectivity index (χ4n) is 4.10. The minimum absolute atomic E-state index is 0.115. The van der Waals surface area contributed by atoms with Crippen LogP contribution in [0.2, 0.25) is 0 Å². The van der Waals surface area contributed by atoms with Gasteiger partial charge in [0.15, 0.2) is 0 Å². The van der Waals surface area contributed by atoms with Gasteiger partial charge in [-0.2, -0.15) is 13.2 Å². The lowest BCUT2D eigenvalue weighted by atomic mass is 9.98. The molecule has 0 spiro atoms. The monoisotopic (exact) mass is 408 g/mol. The van der Waals surface area contributed by atoms with Crippen molar-refractivity contribution in [2.24, 2.45) is 5.92 Å². The van der Waals surface area contributed by atoms with Crippen molar-refractivity contribution < 1.29 is 22.7 Å². The number of rotatable bonds is 5. The van der Waals surface area contributed by atoms with Crippen LogP contribution in [0.4, 0.5) is 13.2 Å². The Hall–Kier alpha value is -2.28. The summed E-state index contributed by atoms with van der Waals surface area (Å²) in [6.07, 6.45) is -2.61. The molecule has 2 aromatic rings. The van der Waals surface area contributed by atoms with E-state index in [0.29, 0.717) is 25.4 Å². The van der Waals surface area contributed by atoms with Crippen LogP contribution in [-0.2, 0) is 22.3 Å². The normalized spacial score (nSPS) is 18.1. The molecule has 1 saturated heterocycles. The fourth-order valence-corrected chi connectivity index (χ4v) is 4.10. The molecular formula is C22H27F3N2O2. The van der Waals surface area contributed by atoms with Gasteiger partial charge in [-0.05, 0) is 70.0 Å². The van der Waals surface area contributed by atoms with E-state index in [-0.39, 0.29) is 11.9 Å². The van der Waals surface area contributed by atoms with E-state index in [1.165, 1.54) is 12.1 Å². The molecule has 7 heteroatoms. The highest BCUT2D eigenvalue weighted by Gasteiger charge is 2.31. The second-order valence-corrected chi connectivity index (χ2v) is 7.61. The Morgan fingerprint density at radius 3 is 2.69 bits per heavy atom. The van der Waals surface area contributed by atoms with E-state index in [4.69, 9.17) is 4.74 Å². The molecule has 0 saturated carbocycles. The molecule has 0 amide bonds. The summed E-state index contributed by atoms with van der Waals surface area (Å²) < 4.78 is 46.3. The summed E-state index contributed by atoms with van der Waals surface area (Å²) in [5.74, 6) is -0.262. The Labute approximate surface area is 169 Å². The molecule has 4 nitrogen and oxygen atoms in total. The maximum Gasteiger partial charge on any atom is 0.416 e. The Bertz CT molecular complexity index is 873. The standard InChI is InChI=1S/C22H27F3N2O2/c1-4-29-21(28)17-7-6-10-26(13-17)14-18-11-15(2)27(16(18)3)20-9-5-8-19(12-20)22(23,24)25/h5,8-9,11-12,17H,4,6-7,10,13-14H2,1-3H3/t17-/m1/s1. The first-order chi connectivity index (χ1) is 13.7.